The molecule has 4 nitrogen and oxygen atoms in total. The molecular formula is C22H26N2O2S. The Labute approximate surface area is 165 Å². The van der Waals surface area contributed by atoms with E-state index in [1.807, 2.05) is 21.9 Å². The van der Waals surface area contributed by atoms with Crippen LogP contribution < -0.4 is 4.74 Å². The highest BCUT2D eigenvalue weighted by Gasteiger charge is 2.27. The summed E-state index contributed by atoms with van der Waals surface area (Å²) in [5.41, 5.74) is 3.23. The highest BCUT2D eigenvalue weighted by atomic mass is 32.2. The molecule has 0 aliphatic carbocycles. The number of allylic oxidation sites excluding steroid dienone is 3. The van der Waals surface area contributed by atoms with Gasteiger partial charge in [0.1, 0.15) is 12.4 Å². The number of hydrogen-bond acceptors (Lipinski definition) is 3. The Hall–Kier alpha value is -2.14. The van der Waals surface area contributed by atoms with E-state index < -0.39 is 0 Å². The molecule has 27 heavy (non-hydrogen) atoms. The quantitative estimate of drug-likeness (QED) is 0.693. The van der Waals surface area contributed by atoms with Gasteiger partial charge in [0.2, 0.25) is 0 Å². The lowest BCUT2D eigenvalue weighted by atomic mass is 9.99. The maximum atomic E-state index is 13.0. The van der Waals surface area contributed by atoms with Crippen molar-refractivity contribution >= 4 is 22.7 Å². The molecule has 0 bridgehead atoms. The highest BCUT2D eigenvalue weighted by molar-refractivity contribution is 8.11. The number of carbonyl (C=O) groups excluding carboxylic acids is 1. The maximum Gasteiger partial charge on any atom is 0.320 e. The topological polar surface area (TPSA) is 32.8 Å². The van der Waals surface area contributed by atoms with Gasteiger partial charge in [-0.1, -0.05) is 31.3 Å². The Kier molecular flexibility index (Phi) is 5.30. The van der Waals surface area contributed by atoms with Crippen molar-refractivity contribution < 1.29 is 9.53 Å². The van der Waals surface area contributed by atoms with Crippen molar-refractivity contribution in [3.63, 3.8) is 0 Å². The van der Waals surface area contributed by atoms with E-state index in [-0.39, 0.29) is 6.03 Å². The van der Waals surface area contributed by atoms with Gasteiger partial charge in [0.15, 0.2) is 0 Å². The Morgan fingerprint density at radius 2 is 2.04 bits per heavy atom. The fraction of sp³-hybridized carbons (Fsp3) is 0.409. The molecule has 0 aromatic heterocycles. The molecule has 4 rings (SSSR count). The van der Waals surface area contributed by atoms with E-state index in [4.69, 9.17) is 4.74 Å². The van der Waals surface area contributed by atoms with E-state index in [0.717, 1.165) is 54.3 Å². The molecule has 3 aliphatic rings. The second kappa shape index (κ2) is 7.85. The van der Waals surface area contributed by atoms with E-state index in [2.05, 4.69) is 37.1 Å². The number of thioether (sulfide) groups is 1. The molecule has 3 heterocycles. The Morgan fingerprint density at radius 1 is 1.22 bits per heavy atom. The van der Waals surface area contributed by atoms with Gasteiger partial charge < -0.3 is 14.5 Å². The molecule has 0 radical (unpaired) electrons. The van der Waals surface area contributed by atoms with Crippen LogP contribution in [0.3, 0.4) is 0 Å². The molecule has 3 aliphatic heterocycles. The molecule has 5 heteroatoms. The van der Waals surface area contributed by atoms with Crippen molar-refractivity contribution in [2.75, 3.05) is 26.2 Å². The lowest BCUT2D eigenvalue weighted by molar-refractivity contribution is 0.129. The zero-order valence-corrected chi connectivity index (χ0v) is 16.6. The van der Waals surface area contributed by atoms with Gasteiger partial charge in [-0.15, -0.1) is 0 Å². The normalized spacial score (nSPS) is 20.6. The lowest BCUT2D eigenvalue weighted by Gasteiger charge is -2.34. The number of carbonyl (C=O) groups is 1. The summed E-state index contributed by atoms with van der Waals surface area (Å²) in [5, 5.41) is 2.06. The standard InChI is InChI=1S/C22H26N2O2S/c1-16-5-8-23(9-6-16)22(25)24-10-11-26-20-4-3-18(14-19(20)15-24)21-13-17(2)7-12-27-21/h3-4,7,12-14,16H,2,5-6,8-11,15H2,1H3. The number of ether oxygens (including phenoxy) is 1. The van der Waals surface area contributed by atoms with E-state index in [0.29, 0.717) is 19.7 Å². The number of hydrogen-bond donors (Lipinski definition) is 0. The van der Waals surface area contributed by atoms with Crippen LogP contribution in [0.25, 0.3) is 4.91 Å². The number of urea groups is 1. The molecule has 0 atom stereocenters. The first kappa shape index (κ1) is 18.2. The van der Waals surface area contributed by atoms with Crippen molar-refractivity contribution in [1.82, 2.24) is 9.80 Å². The van der Waals surface area contributed by atoms with E-state index >= 15 is 0 Å². The molecule has 0 N–H and O–H groups in total. The van der Waals surface area contributed by atoms with Crippen molar-refractivity contribution in [2.45, 2.75) is 26.3 Å². The Bertz CT molecular complexity index is 807. The zero-order valence-electron chi connectivity index (χ0n) is 15.8. The van der Waals surface area contributed by atoms with Crippen molar-refractivity contribution in [2.24, 2.45) is 5.92 Å². The first-order valence-electron chi connectivity index (χ1n) is 9.64. The molecule has 1 aromatic carbocycles. The molecule has 142 valence electrons. The predicted molar refractivity (Wildman–Crippen MR) is 112 cm³/mol. The summed E-state index contributed by atoms with van der Waals surface area (Å²) in [6, 6.07) is 6.42. The van der Waals surface area contributed by atoms with E-state index in [1.165, 1.54) is 4.91 Å². The summed E-state index contributed by atoms with van der Waals surface area (Å²) in [4.78, 5) is 18.1. The van der Waals surface area contributed by atoms with Gasteiger partial charge in [-0.25, -0.2) is 4.79 Å². The summed E-state index contributed by atoms with van der Waals surface area (Å²) in [6.45, 7) is 9.79. The summed E-state index contributed by atoms with van der Waals surface area (Å²) in [6.07, 6.45) is 6.31. The van der Waals surface area contributed by atoms with Crippen LogP contribution in [0.4, 0.5) is 4.79 Å². The third-order valence-electron chi connectivity index (χ3n) is 5.44. The third-order valence-corrected chi connectivity index (χ3v) is 6.32. The SMILES string of the molecule is C=C1C=CSC(c2ccc3c(c2)CN(C(=O)N2CCC(C)CC2)CCO3)=C1. The van der Waals surface area contributed by atoms with Gasteiger partial charge in [-0.2, -0.15) is 0 Å². The van der Waals surface area contributed by atoms with Crippen molar-refractivity contribution in [1.29, 1.82) is 0 Å². The van der Waals surface area contributed by atoms with Crippen LogP contribution in [0.5, 0.6) is 5.75 Å². The average Bonchev–Trinajstić information content (AvgIpc) is 2.90. The number of amides is 2. The van der Waals surface area contributed by atoms with Crippen LogP contribution in [0.15, 0.2) is 47.9 Å². The third kappa shape index (κ3) is 4.08. The number of likely N-dealkylation sites (tertiary alicyclic amines) is 1. The first-order chi connectivity index (χ1) is 13.1. The van der Waals surface area contributed by atoms with Crippen molar-refractivity contribution in [3.8, 4) is 5.75 Å². The van der Waals surface area contributed by atoms with Crippen LogP contribution in [-0.4, -0.2) is 42.1 Å². The average molecular weight is 383 g/mol. The van der Waals surface area contributed by atoms with Crippen molar-refractivity contribution in [3.05, 3.63) is 59.0 Å². The molecule has 1 aromatic rings. The molecule has 0 unspecified atom stereocenters. The predicted octanol–water partition coefficient (Wildman–Crippen LogP) is 4.89. The van der Waals surface area contributed by atoms with Crippen LogP contribution in [0.1, 0.15) is 30.9 Å². The van der Waals surface area contributed by atoms with Gasteiger partial charge in [0.05, 0.1) is 13.1 Å². The second-order valence-electron chi connectivity index (χ2n) is 7.55. The maximum absolute atomic E-state index is 13.0. The minimum absolute atomic E-state index is 0.145. The fourth-order valence-electron chi connectivity index (χ4n) is 3.71. The number of benzene rings is 1. The fourth-order valence-corrected chi connectivity index (χ4v) is 4.58. The summed E-state index contributed by atoms with van der Waals surface area (Å²) >= 11 is 1.70. The lowest BCUT2D eigenvalue weighted by Crippen LogP contribution is -2.46. The largest absolute Gasteiger partial charge is 0.491 e. The second-order valence-corrected chi connectivity index (χ2v) is 8.50. The molecule has 1 fully saturated rings. The van der Waals surface area contributed by atoms with Gasteiger partial charge in [0.25, 0.3) is 0 Å². The first-order valence-corrected chi connectivity index (χ1v) is 10.5. The number of nitrogens with zero attached hydrogens (tertiary/aromatic N) is 2. The van der Waals surface area contributed by atoms with E-state index in [1.54, 1.807) is 11.8 Å². The van der Waals surface area contributed by atoms with Gasteiger partial charge in [0, 0.05) is 23.6 Å². The summed E-state index contributed by atoms with van der Waals surface area (Å²) < 4.78 is 5.93. The molecule has 0 spiro atoms. The van der Waals surface area contributed by atoms with E-state index in [9.17, 15) is 4.79 Å². The van der Waals surface area contributed by atoms with Gasteiger partial charge >= 0.3 is 6.03 Å². The molecule has 0 saturated carbocycles. The molecular weight excluding hydrogens is 356 g/mol. The van der Waals surface area contributed by atoms with Crippen LogP contribution >= 0.6 is 11.8 Å². The Balaban J connectivity index is 1.53. The smallest absolute Gasteiger partial charge is 0.320 e. The van der Waals surface area contributed by atoms with Crippen LogP contribution in [0.2, 0.25) is 0 Å². The summed E-state index contributed by atoms with van der Waals surface area (Å²) in [5.74, 6) is 1.60. The van der Waals surface area contributed by atoms with Crippen LogP contribution in [-0.2, 0) is 6.54 Å². The summed E-state index contributed by atoms with van der Waals surface area (Å²) in [7, 11) is 0. The highest BCUT2D eigenvalue weighted by Crippen LogP contribution is 2.36. The monoisotopic (exact) mass is 382 g/mol. The molecule has 2 amide bonds. The number of rotatable bonds is 1. The Morgan fingerprint density at radius 3 is 2.81 bits per heavy atom. The molecule has 1 saturated heterocycles. The number of fused-ring (bicyclic) bond motifs is 1. The number of piperidine rings is 1. The van der Waals surface area contributed by atoms with Crippen LogP contribution in [0, 0.1) is 5.92 Å². The van der Waals surface area contributed by atoms with Gasteiger partial charge in [-0.3, -0.25) is 0 Å². The minimum Gasteiger partial charge on any atom is -0.491 e. The van der Waals surface area contributed by atoms with Gasteiger partial charge in [-0.05, 0) is 59.6 Å². The zero-order chi connectivity index (χ0) is 18.8. The minimum atomic E-state index is 0.145.